The molecule has 2 atom stereocenters. The molecule has 2 saturated heterocycles. The first-order valence-electron chi connectivity index (χ1n) is 5.91. The van der Waals surface area contributed by atoms with Gasteiger partial charge in [0.2, 0.25) is 0 Å². The molecular formula is C12H17N3O. The Morgan fingerprint density at radius 2 is 2.12 bits per heavy atom. The first kappa shape index (κ1) is 10.1. The molecule has 2 N–H and O–H groups in total. The molecule has 4 heteroatoms. The summed E-state index contributed by atoms with van der Waals surface area (Å²) in [7, 11) is 0. The van der Waals surface area contributed by atoms with Crippen LogP contribution >= 0.6 is 0 Å². The zero-order valence-electron chi connectivity index (χ0n) is 9.30. The summed E-state index contributed by atoms with van der Waals surface area (Å²) in [5.74, 6) is 0. The Morgan fingerprint density at radius 3 is 2.81 bits per heavy atom. The summed E-state index contributed by atoms with van der Waals surface area (Å²) in [6, 6.07) is 4.09. The zero-order chi connectivity index (χ0) is 11.0. The van der Waals surface area contributed by atoms with E-state index in [1.165, 1.54) is 18.5 Å². The smallest absolute Gasteiger partial charge is 0.0772 e. The van der Waals surface area contributed by atoms with Gasteiger partial charge in [-0.15, -0.1) is 0 Å². The Kier molecular flexibility index (Phi) is 2.53. The Hall–Kier alpha value is -1.13. The lowest BCUT2D eigenvalue weighted by molar-refractivity contribution is 0.0304. The SMILES string of the molecule is NCc1ncccc1N1CC2CCC(C1)O2. The third-order valence-electron chi connectivity index (χ3n) is 3.44. The van der Waals surface area contributed by atoms with Crippen LogP contribution in [0, 0.1) is 0 Å². The van der Waals surface area contributed by atoms with Crippen molar-refractivity contribution in [3.8, 4) is 0 Å². The highest BCUT2D eigenvalue weighted by Crippen LogP contribution is 2.30. The van der Waals surface area contributed by atoms with Gasteiger partial charge in [-0.1, -0.05) is 0 Å². The average molecular weight is 219 g/mol. The maximum atomic E-state index is 5.83. The van der Waals surface area contributed by atoms with Gasteiger partial charge in [0.15, 0.2) is 0 Å². The molecular weight excluding hydrogens is 202 g/mol. The fourth-order valence-corrected chi connectivity index (χ4v) is 2.69. The molecule has 3 rings (SSSR count). The second-order valence-corrected chi connectivity index (χ2v) is 4.54. The van der Waals surface area contributed by atoms with Crippen LogP contribution in [0.3, 0.4) is 0 Å². The molecule has 1 aromatic heterocycles. The summed E-state index contributed by atoms with van der Waals surface area (Å²) in [6.45, 7) is 2.47. The van der Waals surface area contributed by atoms with E-state index in [1.54, 1.807) is 6.20 Å². The molecule has 2 aliphatic rings. The van der Waals surface area contributed by atoms with E-state index in [1.807, 2.05) is 6.07 Å². The van der Waals surface area contributed by atoms with Crippen LogP contribution in [0.5, 0.6) is 0 Å². The van der Waals surface area contributed by atoms with Crippen LogP contribution in [0.15, 0.2) is 18.3 Å². The van der Waals surface area contributed by atoms with E-state index in [0.717, 1.165) is 18.8 Å². The molecule has 1 aromatic rings. The highest BCUT2D eigenvalue weighted by atomic mass is 16.5. The molecule has 2 bridgehead atoms. The standard InChI is InChI=1S/C12H17N3O/c13-6-11-12(2-1-5-14-11)15-7-9-3-4-10(8-15)16-9/h1-2,5,9-10H,3-4,6-8,13H2. The molecule has 0 radical (unpaired) electrons. The van der Waals surface area contributed by atoms with Crippen LogP contribution in [0.2, 0.25) is 0 Å². The normalized spacial score (nSPS) is 28.4. The Balaban J connectivity index is 1.86. The van der Waals surface area contributed by atoms with Crippen LogP contribution in [0.25, 0.3) is 0 Å². The summed E-state index contributed by atoms with van der Waals surface area (Å²) in [5, 5.41) is 0. The first-order chi connectivity index (χ1) is 7.86. The van der Waals surface area contributed by atoms with Crippen molar-refractivity contribution in [2.45, 2.75) is 31.6 Å². The van der Waals surface area contributed by atoms with Gasteiger partial charge in [-0.3, -0.25) is 4.98 Å². The summed E-state index contributed by atoms with van der Waals surface area (Å²) in [6.07, 6.45) is 5.01. The van der Waals surface area contributed by atoms with Crippen molar-refractivity contribution in [2.24, 2.45) is 5.73 Å². The Morgan fingerprint density at radius 1 is 1.38 bits per heavy atom. The highest BCUT2D eigenvalue weighted by molar-refractivity contribution is 5.51. The van der Waals surface area contributed by atoms with E-state index in [0.29, 0.717) is 18.8 Å². The molecule has 86 valence electrons. The molecule has 4 nitrogen and oxygen atoms in total. The van der Waals surface area contributed by atoms with Gasteiger partial charge in [-0.25, -0.2) is 0 Å². The fourth-order valence-electron chi connectivity index (χ4n) is 2.69. The van der Waals surface area contributed by atoms with Gasteiger partial charge in [0.25, 0.3) is 0 Å². The lowest BCUT2D eigenvalue weighted by Crippen LogP contribution is -2.43. The van der Waals surface area contributed by atoms with E-state index >= 15 is 0 Å². The minimum absolute atomic E-state index is 0.407. The number of nitrogens with zero attached hydrogens (tertiary/aromatic N) is 2. The maximum absolute atomic E-state index is 5.83. The zero-order valence-corrected chi connectivity index (χ0v) is 9.30. The predicted molar refractivity (Wildman–Crippen MR) is 62.2 cm³/mol. The number of rotatable bonds is 2. The number of hydrogen-bond donors (Lipinski definition) is 1. The van der Waals surface area contributed by atoms with Gasteiger partial charge in [0.1, 0.15) is 0 Å². The van der Waals surface area contributed by atoms with Crippen molar-refractivity contribution in [3.05, 3.63) is 24.0 Å². The molecule has 0 aromatic carbocycles. The number of morpholine rings is 1. The van der Waals surface area contributed by atoms with Crippen LogP contribution in [0.1, 0.15) is 18.5 Å². The number of aromatic nitrogens is 1. The molecule has 2 aliphatic heterocycles. The molecule has 0 aliphatic carbocycles. The fraction of sp³-hybridized carbons (Fsp3) is 0.583. The number of ether oxygens (including phenoxy) is 1. The van der Waals surface area contributed by atoms with Crippen LogP contribution in [-0.4, -0.2) is 30.3 Å². The maximum Gasteiger partial charge on any atom is 0.0772 e. The number of fused-ring (bicyclic) bond motifs is 2. The van der Waals surface area contributed by atoms with Gasteiger partial charge >= 0.3 is 0 Å². The van der Waals surface area contributed by atoms with Crippen molar-refractivity contribution < 1.29 is 4.74 Å². The highest BCUT2D eigenvalue weighted by Gasteiger charge is 2.34. The monoisotopic (exact) mass is 219 g/mol. The Bertz CT molecular complexity index is 370. The summed E-state index contributed by atoms with van der Waals surface area (Å²) in [5.41, 5.74) is 7.90. The minimum atomic E-state index is 0.407. The molecule has 3 heterocycles. The molecule has 0 spiro atoms. The second-order valence-electron chi connectivity index (χ2n) is 4.54. The van der Waals surface area contributed by atoms with Crippen molar-refractivity contribution in [2.75, 3.05) is 18.0 Å². The lowest BCUT2D eigenvalue weighted by atomic mass is 10.2. The predicted octanol–water partition coefficient (Wildman–Crippen LogP) is 0.908. The quantitative estimate of drug-likeness (QED) is 0.803. The van der Waals surface area contributed by atoms with E-state index in [9.17, 15) is 0 Å². The number of pyridine rings is 1. The molecule has 2 unspecified atom stereocenters. The van der Waals surface area contributed by atoms with Crippen molar-refractivity contribution in [3.63, 3.8) is 0 Å². The van der Waals surface area contributed by atoms with Gasteiger partial charge in [-0.2, -0.15) is 0 Å². The number of anilines is 1. The van der Waals surface area contributed by atoms with E-state index in [4.69, 9.17) is 10.5 Å². The van der Waals surface area contributed by atoms with Crippen LogP contribution in [0.4, 0.5) is 5.69 Å². The summed E-state index contributed by atoms with van der Waals surface area (Å²) < 4.78 is 5.83. The number of hydrogen-bond acceptors (Lipinski definition) is 4. The van der Waals surface area contributed by atoms with Gasteiger partial charge < -0.3 is 15.4 Å². The summed E-state index contributed by atoms with van der Waals surface area (Å²) >= 11 is 0. The van der Waals surface area contributed by atoms with E-state index < -0.39 is 0 Å². The summed E-state index contributed by atoms with van der Waals surface area (Å²) in [4.78, 5) is 6.71. The molecule has 0 amide bonds. The average Bonchev–Trinajstić information content (AvgIpc) is 2.68. The van der Waals surface area contributed by atoms with Crippen molar-refractivity contribution >= 4 is 5.69 Å². The van der Waals surface area contributed by atoms with Crippen LogP contribution < -0.4 is 10.6 Å². The van der Waals surface area contributed by atoms with Gasteiger partial charge in [-0.05, 0) is 25.0 Å². The van der Waals surface area contributed by atoms with Crippen molar-refractivity contribution in [1.82, 2.24) is 4.98 Å². The third kappa shape index (κ3) is 1.68. The van der Waals surface area contributed by atoms with Gasteiger partial charge in [0.05, 0.1) is 23.6 Å². The van der Waals surface area contributed by atoms with E-state index in [-0.39, 0.29) is 0 Å². The third-order valence-corrected chi connectivity index (χ3v) is 3.44. The molecule has 16 heavy (non-hydrogen) atoms. The van der Waals surface area contributed by atoms with Crippen molar-refractivity contribution in [1.29, 1.82) is 0 Å². The van der Waals surface area contributed by atoms with Crippen LogP contribution in [-0.2, 0) is 11.3 Å². The largest absolute Gasteiger partial charge is 0.371 e. The van der Waals surface area contributed by atoms with E-state index in [2.05, 4.69) is 16.0 Å². The number of nitrogens with two attached hydrogens (primary N) is 1. The second kappa shape index (κ2) is 4.03. The molecule has 2 fully saturated rings. The Labute approximate surface area is 95.4 Å². The topological polar surface area (TPSA) is 51.4 Å². The van der Waals surface area contributed by atoms with Gasteiger partial charge in [0, 0.05) is 25.8 Å². The lowest BCUT2D eigenvalue weighted by Gasteiger charge is -2.34. The first-order valence-corrected chi connectivity index (χ1v) is 5.91. The minimum Gasteiger partial charge on any atom is -0.371 e. The molecule has 0 saturated carbocycles.